The third kappa shape index (κ3) is 2.85. The van der Waals surface area contributed by atoms with Gasteiger partial charge in [0.25, 0.3) is 5.91 Å². The van der Waals surface area contributed by atoms with Crippen LogP contribution < -0.4 is 10.8 Å². The molecule has 1 aromatic heterocycles. The van der Waals surface area contributed by atoms with Crippen LogP contribution in [0, 0.1) is 5.13 Å². The van der Waals surface area contributed by atoms with Crippen LogP contribution in [0.4, 0.5) is 10.1 Å². The molecule has 3 rings (SSSR count). The summed E-state index contributed by atoms with van der Waals surface area (Å²) in [6.07, 6.45) is 0. The molecule has 2 aromatic rings. The van der Waals surface area contributed by atoms with Crippen molar-refractivity contribution in [1.29, 1.82) is 0 Å². The molecule has 0 spiro atoms. The van der Waals surface area contributed by atoms with Gasteiger partial charge in [0.1, 0.15) is 0 Å². The molecule has 1 aliphatic heterocycles. The number of nitrogens with one attached hydrogen (secondary N) is 1. The number of halogens is 1. The van der Waals surface area contributed by atoms with Gasteiger partial charge in [0.15, 0.2) is 5.13 Å². The van der Waals surface area contributed by atoms with Crippen LogP contribution in [-0.4, -0.2) is 24.7 Å². The van der Waals surface area contributed by atoms with Gasteiger partial charge in [-0.3, -0.25) is 4.79 Å². The largest absolute Gasteiger partial charge is 0.491 e. The highest BCUT2D eigenvalue weighted by atomic mass is 32.1. The number of fused-ring (bicyclic) bond motifs is 1. The highest BCUT2D eigenvalue weighted by Gasteiger charge is 2.29. The summed E-state index contributed by atoms with van der Waals surface area (Å²) >= 11 is 0.792. The minimum atomic E-state index is -0.979. The maximum atomic E-state index is 12.9. The minimum Gasteiger partial charge on any atom is -0.423 e. The van der Waals surface area contributed by atoms with Crippen molar-refractivity contribution >= 4 is 35.5 Å². The van der Waals surface area contributed by atoms with Gasteiger partial charge in [-0.25, -0.2) is 0 Å². The van der Waals surface area contributed by atoms with Crippen molar-refractivity contribution in [2.75, 3.05) is 11.9 Å². The molecule has 21 heavy (non-hydrogen) atoms. The summed E-state index contributed by atoms with van der Waals surface area (Å²) in [6, 6.07) is 8.03. The Bertz CT molecular complexity index is 691. The average molecular weight is 305 g/mol. The fraction of sp³-hybridized carbons (Fsp3) is 0.214. The second-order valence-electron chi connectivity index (χ2n) is 4.99. The van der Waals surface area contributed by atoms with E-state index in [1.54, 1.807) is 12.1 Å². The van der Waals surface area contributed by atoms with Crippen molar-refractivity contribution in [3.05, 3.63) is 45.9 Å². The zero-order chi connectivity index (χ0) is 15.0. The molecular weight excluding hydrogens is 292 g/mol. The molecule has 1 aliphatic rings. The maximum absolute atomic E-state index is 12.9. The van der Waals surface area contributed by atoms with Crippen molar-refractivity contribution in [1.82, 2.24) is 0 Å². The van der Waals surface area contributed by atoms with Gasteiger partial charge in [-0.05, 0) is 35.3 Å². The van der Waals surface area contributed by atoms with Crippen LogP contribution in [0.1, 0.15) is 28.1 Å². The molecule has 1 atom stereocenters. The summed E-state index contributed by atoms with van der Waals surface area (Å²) in [5, 5.41) is 12.2. The summed E-state index contributed by atoms with van der Waals surface area (Å²) in [4.78, 5) is 12.3. The number of hydrogen-bond donors (Lipinski definition) is 2. The van der Waals surface area contributed by atoms with Gasteiger partial charge in [0.2, 0.25) is 0 Å². The third-order valence-electron chi connectivity index (χ3n) is 3.44. The summed E-state index contributed by atoms with van der Waals surface area (Å²) in [7, 11) is -0.979. The van der Waals surface area contributed by atoms with Gasteiger partial charge in [0, 0.05) is 18.2 Å². The molecule has 1 unspecified atom stereocenters. The molecule has 0 saturated heterocycles. The van der Waals surface area contributed by atoms with Gasteiger partial charge < -0.3 is 15.0 Å². The molecule has 0 aliphatic carbocycles. The smallest absolute Gasteiger partial charge is 0.423 e. The summed E-state index contributed by atoms with van der Waals surface area (Å²) < 4.78 is 18.2. The Hall–Kier alpha value is -1.70. The first-order chi connectivity index (χ1) is 10.0. The van der Waals surface area contributed by atoms with Gasteiger partial charge in [-0.15, -0.1) is 11.3 Å². The van der Waals surface area contributed by atoms with Gasteiger partial charge in [0.05, 0.1) is 4.88 Å². The number of hydrogen-bond acceptors (Lipinski definition) is 4. The Kier molecular flexibility index (Phi) is 3.80. The van der Waals surface area contributed by atoms with Crippen molar-refractivity contribution < 1.29 is 18.9 Å². The predicted molar refractivity (Wildman–Crippen MR) is 80.6 cm³/mol. The first kappa shape index (κ1) is 14.3. The molecule has 2 heterocycles. The van der Waals surface area contributed by atoms with Crippen LogP contribution in [-0.2, 0) is 4.65 Å². The van der Waals surface area contributed by atoms with Crippen LogP contribution in [0.25, 0.3) is 0 Å². The van der Waals surface area contributed by atoms with E-state index in [-0.39, 0.29) is 11.8 Å². The van der Waals surface area contributed by atoms with Gasteiger partial charge >= 0.3 is 7.12 Å². The second kappa shape index (κ2) is 5.59. The Morgan fingerprint density at radius 3 is 3.00 bits per heavy atom. The number of rotatable bonds is 2. The predicted octanol–water partition coefficient (Wildman–Crippen LogP) is 1.96. The lowest BCUT2D eigenvalue weighted by atomic mass is 9.71. The Balaban J connectivity index is 1.84. The maximum Gasteiger partial charge on any atom is 0.491 e. The lowest BCUT2D eigenvalue weighted by molar-refractivity contribution is 0.103. The number of carbonyl (C=O) groups excluding carboxylic acids is 1. The quantitative estimate of drug-likeness (QED) is 0.834. The average Bonchev–Trinajstić information content (AvgIpc) is 2.90. The zero-order valence-electron chi connectivity index (χ0n) is 11.3. The van der Waals surface area contributed by atoms with E-state index in [2.05, 4.69) is 5.32 Å². The molecular formula is C14H13BFNO3S. The van der Waals surface area contributed by atoms with E-state index >= 15 is 0 Å². The molecule has 0 bridgehead atoms. The number of amides is 1. The fourth-order valence-electron chi connectivity index (χ4n) is 2.36. The van der Waals surface area contributed by atoms with Crippen LogP contribution in [0.5, 0.6) is 0 Å². The first-order valence-corrected chi connectivity index (χ1v) is 7.36. The fourth-order valence-corrected chi connectivity index (χ4v) is 2.99. The lowest BCUT2D eigenvalue weighted by Crippen LogP contribution is -2.42. The highest BCUT2D eigenvalue weighted by molar-refractivity contribution is 7.12. The van der Waals surface area contributed by atoms with E-state index in [1.165, 1.54) is 12.1 Å². The normalized spacial score (nSPS) is 17.5. The third-order valence-corrected chi connectivity index (χ3v) is 4.32. The number of anilines is 1. The van der Waals surface area contributed by atoms with Crippen LogP contribution in [0.3, 0.4) is 0 Å². The van der Waals surface area contributed by atoms with E-state index in [4.69, 9.17) is 4.65 Å². The van der Waals surface area contributed by atoms with E-state index < -0.39 is 12.2 Å². The number of carbonyl (C=O) groups is 1. The molecule has 1 amide bonds. The summed E-state index contributed by atoms with van der Waals surface area (Å²) in [5.41, 5.74) is 2.21. The number of thiophene rings is 1. The van der Waals surface area contributed by atoms with Crippen molar-refractivity contribution in [2.45, 2.75) is 12.8 Å². The highest BCUT2D eigenvalue weighted by Crippen LogP contribution is 2.22. The van der Waals surface area contributed by atoms with Crippen LogP contribution in [0.2, 0.25) is 0 Å². The molecule has 2 N–H and O–H groups in total. The van der Waals surface area contributed by atoms with E-state index in [9.17, 15) is 14.2 Å². The molecule has 1 aromatic carbocycles. The summed E-state index contributed by atoms with van der Waals surface area (Å²) in [6.45, 7) is 2.48. The van der Waals surface area contributed by atoms with Gasteiger partial charge in [-0.2, -0.15) is 4.39 Å². The van der Waals surface area contributed by atoms with E-state index in [1.807, 2.05) is 13.0 Å². The zero-order valence-corrected chi connectivity index (χ0v) is 12.1. The first-order valence-electron chi connectivity index (χ1n) is 6.55. The SMILES string of the molecule is CC1COB(O)c2cc(NC(=O)c3ccc(F)s3)ccc21. The van der Waals surface area contributed by atoms with E-state index in [0.717, 1.165) is 16.9 Å². The van der Waals surface area contributed by atoms with Crippen LogP contribution >= 0.6 is 11.3 Å². The monoisotopic (exact) mass is 305 g/mol. The number of benzene rings is 1. The van der Waals surface area contributed by atoms with Crippen LogP contribution in [0.15, 0.2) is 30.3 Å². The molecule has 0 saturated carbocycles. The standard InChI is InChI=1S/C14H13BFNO3S/c1-8-7-20-15(19)11-6-9(2-3-10(8)11)17-14(18)12-4-5-13(16)21-12/h2-6,8,19H,7H2,1H3,(H,17,18). The molecule has 7 heteroatoms. The molecule has 108 valence electrons. The van der Waals surface area contributed by atoms with E-state index in [0.29, 0.717) is 22.6 Å². The van der Waals surface area contributed by atoms with Crippen molar-refractivity contribution in [2.24, 2.45) is 0 Å². The van der Waals surface area contributed by atoms with Crippen molar-refractivity contribution in [3.63, 3.8) is 0 Å². The molecule has 0 fully saturated rings. The topological polar surface area (TPSA) is 58.6 Å². The minimum absolute atomic E-state index is 0.194. The Morgan fingerprint density at radius 2 is 2.29 bits per heavy atom. The summed E-state index contributed by atoms with van der Waals surface area (Å²) in [5.74, 6) is -0.178. The van der Waals surface area contributed by atoms with Gasteiger partial charge in [-0.1, -0.05) is 13.0 Å². The Labute approximate surface area is 125 Å². The molecule has 0 radical (unpaired) electrons. The van der Waals surface area contributed by atoms with Crippen molar-refractivity contribution in [3.8, 4) is 0 Å². The Morgan fingerprint density at radius 1 is 1.48 bits per heavy atom. The lowest BCUT2D eigenvalue weighted by Gasteiger charge is -2.25. The molecule has 4 nitrogen and oxygen atoms in total. The second-order valence-corrected chi connectivity index (χ2v) is 6.02.